The van der Waals surface area contributed by atoms with Crippen LogP contribution in [0.15, 0.2) is 30.9 Å². The normalized spacial score (nSPS) is 9.47. The van der Waals surface area contributed by atoms with E-state index < -0.39 is 12.0 Å². The van der Waals surface area contributed by atoms with E-state index in [1.165, 1.54) is 6.08 Å². The Labute approximate surface area is 99.1 Å². The lowest BCUT2D eigenvalue weighted by atomic mass is 10.1. The lowest BCUT2D eigenvalue weighted by molar-refractivity contribution is 0.0697. The average Bonchev–Trinajstić information content (AvgIpc) is 2.25. The van der Waals surface area contributed by atoms with Gasteiger partial charge in [-0.1, -0.05) is 18.2 Å². The van der Waals surface area contributed by atoms with Crippen LogP contribution in [0.2, 0.25) is 0 Å². The maximum Gasteiger partial charge on any atom is 0.338 e. The largest absolute Gasteiger partial charge is 0.478 e. The maximum absolute atomic E-state index is 11.4. The van der Waals surface area contributed by atoms with Crippen LogP contribution in [0.4, 0.5) is 10.5 Å². The number of hydrogen-bond donors (Lipinski definition) is 3. The van der Waals surface area contributed by atoms with E-state index >= 15 is 0 Å². The molecule has 0 saturated heterocycles. The summed E-state index contributed by atoms with van der Waals surface area (Å²) in [5.41, 5.74) is 0.972. The summed E-state index contributed by atoms with van der Waals surface area (Å²) < 4.78 is 0. The fraction of sp³-hybridized carbons (Fsp3) is 0.167. The molecule has 0 heterocycles. The van der Waals surface area contributed by atoms with Crippen molar-refractivity contribution in [2.75, 3.05) is 11.9 Å². The van der Waals surface area contributed by atoms with Crippen molar-refractivity contribution in [3.05, 3.63) is 42.0 Å². The summed E-state index contributed by atoms with van der Waals surface area (Å²) in [6, 6.07) is 4.45. The zero-order valence-corrected chi connectivity index (χ0v) is 9.49. The summed E-state index contributed by atoms with van der Waals surface area (Å²) >= 11 is 0. The van der Waals surface area contributed by atoms with Crippen LogP contribution in [0.5, 0.6) is 0 Å². The molecule has 0 aromatic heterocycles. The molecule has 0 fully saturated rings. The van der Waals surface area contributed by atoms with Crippen molar-refractivity contribution in [1.82, 2.24) is 5.32 Å². The highest BCUT2D eigenvalue weighted by Gasteiger charge is 2.14. The molecule has 0 unspecified atom stereocenters. The molecule has 2 amide bonds. The topological polar surface area (TPSA) is 78.4 Å². The maximum atomic E-state index is 11.4. The number of hydrogen-bond acceptors (Lipinski definition) is 2. The van der Waals surface area contributed by atoms with E-state index in [-0.39, 0.29) is 11.3 Å². The third-order valence-electron chi connectivity index (χ3n) is 2.14. The highest BCUT2D eigenvalue weighted by atomic mass is 16.4. The highest BCUT2D eigenvalue weighted by molar-refractivity contribution is 6.01. The van der Waals surface area contributed by atoms with Crippen molar-refractivity contribution in [2.45, 2.75) is 6.92 Å². The SMILES string of the molecule is C=CCNC(=O)Nc1cccc(C)c1C(=O)O. The summed E-state index contributed by atoms with van der Waals surface area (Å²) in [4.78, 5) is 22.4. The number of amides is 2. The van der Waals surface area contributed by atoms with Crippen molar-refractivity contribution in [2.24, 2.45) is 0 Å². The van der Waals surface area contributed by atoms with Gasteiger partial charge in [-0.05, 0) is 18.6 Å². The molecule has 0 spiro atoms. The number of anilines is 1. The van der Waals surface area contributed by atoms with E-state index in [0.717, 1.165) is 0 Å². The molecule has 0 saturated carbocycles. The molecule has 1 aromatic rings. The van der Waals surface area contributed by atoms with Gasteiger partial charge >= 0.3 is 12.0 Å². The molecule has 1 rings (SSSR count). The first-order chi connectivity index (χ1) is 8.06. The first-order valence-corrected chi connectivity index (χ1v) is 5.05. The second-order valence-electron chi connectivity index (χ2n) is 3.43. The summed E-state index contributed by atoms with van der Waals surface area (Å²) in [6.45, 7) is 5.46. The molecular weight excluding hydrogens is 220 g/mol. The molecule has 3 N–H and O–H groups in total. The number of aryl methyl sites for hydroxylation is 1. The Hall–Kier alpha value is -2.30. The molecule has 0 aliphatic carbocycles. The van der Waals surface area contributed by atoms with E-state index in [4.69, 9.17) is 5.11 Å². The van der Waals surface area contributed by atoms with E-state index in [0.29, 0.717) is 12.1 Å². The van der Waals surface area contributed by atoms with Crippen LogP contribution in [0.3, 0.4) is 0 Å². The molecule has 1 aromatic carbocycles. The Morgan fingerprint density at radius 1 is 1.47 bits per heavy atom. The number of carbonyl (C=O) groups excluding carboxylic acids is 1. The lowest BCUT2D eigenvalue weighted by Gasteiger charge is -2.10. The molecular formula is C12H14N2O3. The first kappa shape index (κ1) is 12.8. The molecule has 5 heteroatoms. The molecule has 0 aliphatic heterocycles. The Kier molecular flexibility index (Phi) is 4.28. The van der Waals surface area contributed by atoms with Crippen LogP contribution in [-0.4, -0.2) is 23.7 Å². The van der Waals surface area contributed by atoms with Crippen molar-refractivity contribution in [3.8, 4) is 0 Å². The monoisotopic (exact) mass is 234 g/mol. The molecule has 0 radical (unpaired) electrons. The van der Waals surface area contributed by atoms with Crippen LogP contribution >= 0.6 is 0 Å². The van der Waals surface area contributed by atoms with Gasteiger partial charge in [-0.15, -0.1) is 6.58 Å². The predicted molar refractivity (Wildman–Crippen MR) is 65.4 cm³/mol. The number of carboxylic acids is 1. The average molecular weight is 234 g/mol. The quantitative estimate of drug-likeness (QED) is 0.697. The third kappa shape index (κ3) is 3.34. The van der Waals surface area contributed by atoms with Gasteiger partial charge in [0.05, 0.1) is 11.3 Å². The lowest BCUT2D eigenvalue weighted by Crippen LogP contribution is -2.29. The van der Waals surface area contributed by atoms with Gasteiger partial charge < -0.3 is 15.7 Å². The van der Waals surface area contributed by atoms with Gasteiger partial charge in [-0.2, -0.15) is 0 Å². The van der Waals surface area contributed by atoms with E-state index in [1.54, 1.807) is 25.1 Å². The number of carbonyl (C=O) groups is 2. The fourth-order valence-corrected chi connectivity index (χ4v) is 1.39. The van der Waals surface area contributed by atoms with Gasteiger partial charge in [-0.3, -0.25) is 0 Å². The second kappa shape index (κ2) is 5.69. The van der Waals surface area contributed by atoms with Gasteiger partial charge in [0, 0.05) is 6.54 Å². The Bertz CT molecular complexity index is 455. The van der Waals surface area contributed by atoms with Crippen LogP contribution in [-0.2, 0) is 0 Å². The highest BCUT2D eigenvalue weighted by Crippen LogP contribution is 2.19. The Morgan fingerprint density at radius 3 is 2.76 bits per heavy atom. The zero-order valence-electron chi connectivity index (χ0n) is 9.49. The number of nitrogens with one attached hydrogen (secondary N) is 2. The number of rotatable bonds is 4. The smallest absolute Gasteiger partial charge is 0.338 e. The summed E-state index contributed by atoms with van der Waals surface area (Å²) in [5, 5.41) is 14.0. The van der Waals surface area contributed by atoms with Gasteiger partial charge in [0.25, 0.3) is 0 Å². The van der Waals surface area contributed by atoms with Gasteiger partial charge in [0.15, 0.2) is 0 Å². The summed E-state index contributed by atoms with van der Waals surface area (Å²) in [6.07, 6.45) is 1.54. The summed E-state index contributed by atoms with van der Waals surface area (Å²) in [7, 11) is 0. The third-order valence-corrected chi connectivity index (χ3v) is 2.14. The van der Waals surface area contributed by atoms with E-state index in [1.807, 2.05) is 0 Å². The van der Waals surface area contributed by atoms with E-state index in [2.05, 4.69) is 17.2 Å². The predicted octanol–water partition coefficient (Wildman–Crippen LogP) is 2.00. The van der Waals surface area contributed by atoms with Crippen molar-refractivity contribution in [1.29, 1.82) is 0 Å². The molecule has 0 aliphatic rings. The summed E-state index contributed by atoms with van der Waals surface area (Å²) in [5.74, 6) is -1.07. The molecule has 0 bridgehead atoms. The number of urea groups is 1. The standard InChI is InChI=1S/C12H14N2O3/c1-3-7-13-12(17)14-9-6-4-5-8(2)10(9)11(15)16/h3-6H,1,7H2,2H3,(H,15,16)(H2,13,14,17). The van der Waals surface area contributed by atoms with Crippen LogP contribution in [0, 0.1) is 6.92 Å². The van der Waals surface area contributed by atoms with E-state index in [9.17, 15) is 9.59 Å². The van der Waals surface area contributed by atoms with Crippen LogP contribution < -0.4 is 10.6 Å². The minimum Gasteiger partial charge on any atom is -0.478 e. The molecule has 5 nitrogen and oxygen atoms in total. The number of carboxylic acid groups (broad SMARTS) is 1. The van der Waals surface area contributed by atoms with Crippen molar-refractivity contribution < 1.29 is 14.7 Å². The molecule has 0 atom stereocenters. The number of aromatic carboxylic acids is 1. The van der Waals surface area contributed by atoms with Crippen LogP contribution in [0.1, 0.15) is 15.9 Å². The molecule has 90 valence electrons. The van der Waals surface area contributed by atoms with Gasteiger partial charge in [0.1, 0.15) is 0 Å². The molecule has 17 heavy (non-hydrogen) atoms. The van der Waals surface area contributed by atoms with Crippen molar-refractivity contribution >= 4 is 17.7 Å². The minimum absolute atomic E-state index is 0.0984. The Balaban J connectivity index is 2.91. The second-order valence-corrected chi connectivity index (χ2v) is 3.43. The Morgan fingerprint density at radius 2 is 2.18 bits per heavy atom. The zero-order chi connectivity index (χ0) is 12.8. The first-order valence-electron chi connectivity index (χ1n) is 5.05. The van der Waals surface area contributed by atoms with Crippen molar-refractivity contribution in [3.63, 3.8) is 0 Å². The minimum atomic E-state index is -1.07. The number of benzene rings is 1. The van der Waals surface area contributed by atoms with Gasteiger partial charge in [-0.25, -0.2) is 9.59 Å². The van der Waals surface area contributed by atoms with Crippen LogP contribution in [0.25, 0.3) is 0 Å². The fourth-order valence-electron chi connectivity index (χ4n) is 1.39. The van der Waals surface area contributed by atoms with Gasteiger partial charge in [0.2, 0.25) is 0 Å².